The van der Waals surface area contributed by atoms with Crippen LogP contribution >= 0.6 is 11.6 Å². The van der Waals surface area contributed by atoms with Crippen LogP contribution in [0.4, 0.5) is 5.69 Å². The summed E-state index contributed by atoms with van der Waals surface area (Å²) in [7, 11) is 0. The quantitative estimate of drug-likeness (QED) is 0.490. The molecule has 1 aliphatic carbocycles. The Kier molecular flexibility index (Phi) is 4.99. The second kappa shape index (κ2) is 7.70. The normalized spacial score (nSPS) is 25.4. The third-order valence-corrected chi connectivity index (χ3v) is 6.52. The molecule has 160 valence electrons. The minimum absolute atomic E-state index is 0.345. The number of aliphatic hydroxyl groups excluding tert-OH is 2. The van der Waals surface area contributed by atoms with Crippen LogP contribution in [0, 0.1) is 11.3 Å². The average Bonchev–Trinajstić information content (AvgIpc) is 3.25. The molecule has 0 bridgehead atoms. The Morgan fingerprint density at radius 3 is 2.97 bits per heavy atom. The van der Waals surface area contributed by atoms with E-state index in [2.05, 4.69) is 16.4 Å². The first-order valence-corrected chi connectivity index (χ1v) is 10.6. The predicted molar refractivity (Wildman–Crippen MR) is 116 cm³/mol. The third kappa shape index (κ3) is 3.30. The molecule has 9 heteroatoms. The van der Waals surface area contributed by atoms with E-state index in [-0.39, 0.29) is 0 Å². The van der Waals surface area contributed by atoms with Gasteiger partial charge in [0.15, 0.2) is 0 Å². The molecular weight excluding hydrogens is 418 g/mol. The number of nitrogen functional groups attached to an aromatic ring is 1. The number of nitriles is 1. The highest BCUT2D eigenvalue weighted by Crippen LogP contribution is 2.40. The van der Waals surface area contributed by atoms with Crippen LogP contribution in [0.25, 0.3) is 11.0 Å². The van der Waals surface area contributed by atoms with Gasteiger partial charge in [0.05, 0.1) is 28.1 Å². The van der Waals surface area contributed by atoms with Gasteiger partial charge in [-0.3, -0.25) is 0 Å². The van der Waals surface area contributed by atoms with Crippen molar-refractivity contribution >= 4 is 28.3 Å². The molecule has 2 aliphatic rings. The molecule has 1 aromatic carbocycles. The van der Waals surface area contributed by atoms with Crippen molar-refractivity contribution in [2.24, 2.45) is 0 Å². The predicted octanol–water partition coefficient (Wildman–Crippen LogP) is 1.90. The van der Waals surface area contributed by atoms with E-state index in [1.807, 2.05) is 6.07 Å². The Balaban J connectivity index is 1.48. The van der Waals surface area contributed by atoms with Gasteiger partial charge in [0.2, 0.25) is 0 Å². The lowest BCUT2D eigenvalue weighted by atomic mass is 9.97. The van der Waals surface area contributed by atoms with Crippen molar-refractivity contribution in [3.05, 3.63) is 52.3 Å². The number of benzene rings is 1. The number of halogens is 1. The summed E-state index contributed by atoms with van der Waals surface area (Å²) in [5.74, 6) is 0.566. The molecule has 4 unspecified atom stereocenters. The molecular formula is C22H22ClN5O3. The summed E-state index contributed by atoms with van der Waals surface area (Å²) in [6.07, 6.45) is 1.58. The zero-order valence-corrected chi connectivity index (χ0v) is 17.4. The van der Waals surface area contributed by atoms with E-state index in [1.54, 1.807) is 29.1 Å². The number of aliphatic hydroxyl groups is 2. The van der Waals surface area contributed by atoms with Gasteiger partial charge in [-0.15, -0.1) is 0 Å². The van der Waals surface area contributed by atoms with Crippen molar-refractivity contribution in [2.45, 2.75) is 43.7 Å². The van der Waals surface area contributed by atoms with E-state index in [0.29, 0.717) is 46.0 Å². The van der Waals surface area contributed by atoms with Gasteiger partial charge in [0.1, 0.15) is 29.7 Å². The molecule has 2 aromatic heterocycles. The van der Waals surface area contributed by atoms with Gasteiger partial charge in [-0.25, -0.2) is 4.98 Å². The summed E-state index contributed by atoms with van der Waals surface area (Å²) in [5.41, 5.74) is 9.67. The second-order valence-electron chi connectivity index (χ2n) is 8.07. The highest BCUT2D eigenvalue weighted by molar-refractivity contribution is 6.36. The molecule has 0 amide bonds. The van der Waals surface area contributed by atoms with Gasteiger partial charge in [0, 0.05) is 36.6 Å². The first-order valence-electron chi connectivity index (χ1n) is 10.2. The van der Waals surface area contributed by atoms with Crippen LogP contribution < -0.4 is 15.8 Å². The number of fused-ring (bicyclic) bond motifs is 2. The van der Waals surface area contributed by atoms with Crippen molar-refractivity contribution < 1.29 is 14.9 Å². The van der Waals surface area contributed by atoms with Gasteiger partial charge in [0.25, 0.3) is 0 Å². The topological polar surface area (TPSA) is 129 Å². The Bertz CT molecular complexity index is 1200. The van der Waals surface area contributed by atoms with E-state index in [1.165, 1.54) is 0 Å². The van der Waals surface area contributed by atoms with Crippen LogP contribution in [0.1, 0.15) is 29.2 Å². The van der Waals surface area contributed by atoms with Crippen molar-refractivity contribution in [1.29, 1.82) is 5.26 Å². The van der Waals surface area contributed by atoms with E-state index in [4.69, 9.17) is 22.1 Å². The number of hydrogen-bond acceptors (Lipinski definition) is 7. The molecule has 31 heavy (non-hydrogen) atoms. The summed E-state index contributed by atoms with van der Waals surface area (Å²) < 4.78 is 7.96. The molecule has 4 atom stereocenters. The summed E-state index contributed by atoms with van der Waals surface area (Å²) in [6, 6.07) is 6.94. The fourth-order valence-corrected chi connectivity index (χ4v) is 4.96. The second-order valence-corrected chi connectivity index (χ2v) is 8.48. The zero-order chi connectivity index (χ0) is 21.7. The Labute approximate surface area is 183 Å². The SMILES string of the molecule is N#Cc1cc2c(c(OC3CC(n4cc(Cl)c5c(N)ccnc54)C(O)C3O)c1)CNCC2. The minimum Gasteiger partial charge on any atom is -0.487 e. The van der Waals surface area contributed by atoms with Gasteiger partial charge in [-0.2, -0.15) is 5.26 Å². The molecule has 3 heterocycles. The lowest BCUT2D eigenvalue weighted by molar-refractivity contribution is -0.0166. The minimum atomic E-state index is -1.11. The van der Waals surface area contributed by atoms with Gasteiger partial charge in [-0.1, -0.05) is 11.6 Å². The molecule has 3 aromatic rings. The standard InChI is InChI=1S/C22H22ClN5O3/c23-14-10-28(22-19(14)15(25)2-4-27-22)16-7-18(21(30)20(16)29)31-17-6-11(8-24)5-12-1-3-26-9-13(12)17/h2,4-6,10,16,18,20-21,26,29-30H,1,3,7,9H2,(H2,25,27). The largest absolute Gasteiger partial charge is 0.487 e. The van der Waals surface area contributed by atoms with Crippen molar-refractivity contribution in [3.8, 4) is 11.8 Å². The number of nitrogens with one attached hydrogen (secondary N) is 1. The van der Waals surface area contributed by atoms with Crippen LogP contribution in [-0.2, 0) is 13.0 Å². The summed E-state index contributed by atoms with van der Waals surface area (Å²) >= 11 is 6.37. The number of anilines is 1. The molecule has 1 saturated carbocycles. The number of ether oxygens (including phenoxy) is 1. The molecule has 0 spiro atoms. The Hall–Kier alpha value is -2.83. The van der Waals surface area contributed by atoms with Gasteiger partial charge < -0.3 is 30.6 Å². The lowest BCUT2D eigenvalue weighted by Crippen LogP contribution is -2.35. The van der Waals surface area contributed by atoms with E-state index >= 15 is 0 Å². The lowest BCUT2D eigenvalue weighted by Gasteiger charge is -2.24. The summed E-state index contributed by atoms with van der Waals surface area (Å²) in [5, 5.41) is 35.4. The average molecular weight is 440 g/mol. The van der Waals surface area contributed by atoms with Crippen LogP contribution in [-0.4, -0.2) is 44.6 Å². The maximum Gasteiger partial charge on any atom is 0.143 e. The Morgan fingerprint density at radius 1 is 1.32 bits per heavy atom. The molecule has 1 fully saturated rings. The number of rotatable bonds is 3. The first kappa shape index (κ1) is 20.1. The number of pyridine rings is 1. The highest BCUT2D eigenvalue weighted by Gasteiger charge is 2.45. The summed E-state index contributed by atoms with van der Waals surface area (Å²) in [6.45, 7) is 1.47. The van der Waals surface area contributed by atoms with Crippen LogP contribution in [0.3, 0.4) is 0 Å². The van der Waals surface area contributed by atoms with Crippen LogP contribution in [0.2, 0.25) is 5.02 Å². The number of hydrogen-bond donors (Lipinski definition) is 4. The first-order chi connectivity index (χ1) is 15.0. The number of aromatic nitrogens is 2. The molecule has 5 rings (SSSR count). The molecule has 0 saturated heterocycles. The number of nitrogens with two attached hydrogens (primary N) is 1. The van der Waals surface area contributed by atoms with Crippen LogP contribution in [0.15, 0.2) is 30.6 Å². The fourth-order valence-electron chi connectivity index (χ4n) is 4.66. The maximum atomic E-state index is 10.8. The van der Waals surface area contributed by atoms with E-state index < -0.39 is 24.4 Å². The van der Waals surface area contributed by atoms with E-state index in [0.717, 1.165) is 24.1 Å². The van der Waals surface area contributed by atoms with Gasteiger partial charge >= 0.3 is 0 Å². The zero-order valence-electron chi connectivity index (χ0n) is 16.6. The molecule has 0 radical (unpaired) electrons. The highest BCUT2D eigenvalue weighted by atomic mass is 35.5. The third-order valence-electron chi connectivity index (χ3n) is 6.24. The monoisotopic (exact) mass is 439 g/mol. The van der Waals surface area contributed by atoms with Crippen molar-refractivity contribution in [1.82, 2.24) is 14.9 Å². The number of nitrogens with zero attached hydrogens (tertiary/aromatic N) is 3. The fraction of sp³-hybridized carbons (Fsp3) is 0.364. The molecule has 1 aliphatic heterocycles. The molecule has 8 nitrogen and oxygen atoms in total. The maximum absolute atomic E-state index is 10.8. The van der Waals surface area contributed by atoms with Crippen molar-refractivity contribution in [2.75, 3.05) is 12.3 Å². The molecule has 5 N–H and O–H groups in total. The van der Waals surface area contributed by atoms with Crippen LogP contribution in [0.5, 0.6) is 5.75 Å². The van der Waals surface area contributed by atoms with Crippen molar-refractivity contribution in [3.63, 3.8) is 0 Å². The van der Waals surface area contributed by atoms with Gasteiger partial charge in [-0.05, 0) is 36.7 Å². The smallest absolute Gasteiger partial charge is 0.143 e. The van der Waals surface area contributed by atoms with E-state index in [9.17, 15) is 15.5 Å². The Morgan fingerprint density at radius 2 is 2.16 bits per heavy atom. The summed E-state index contributed by atoms with van der Waals surface area (Å²) in [4.78, 5) is 4.38.